The van der Waals surface area contributed by atoms with E-state index in [4.69, 9.17) is 9.72 Å². The number of rotatable bonds is 4. The molecule has 0 saturated carbocycles. The van der Waals surface area contributed by atoms with Crippen LogP contribution in [0.3, 0.4) is 0 Å². The highest BCUT2D eigenvalue weighted by atomic mass is 16.5. The van der Waals surface area contributed by atoms with Crippen molar-refractivity contribution in [1.82, 2.24) is 10.3 Å². The molecule has 0 saturated heterocycles. The Labute approximate surface area is 114 Å². The fourth-order valence-corrected chi connectivity index (χ4v) is 2.14. The van der Waals surface area contributed by atoms with Crippen molar-refractivity contribution in [3.05, 3.63) is 47.2 Å². The fraction of sp³-hybridized carbons (Fsp3) is 0.312. The highest BCUT2D eigenvalue weighted by molar-refractivity contribution is 5.68. The van der Waals surface area contributed by atoms with Gasteiger partial charge < -0.3 is 10.1 Å². The summed E-state index contributed by atoms with van der Waals surface area (Å²) in [5, 5.41) is 3.15. The Bertz CT molecular complexity index is 579. The Kier molecular flexibility index (Phi) is 4.17. The molecule has 0 radical (unpaired) electrons. The largest absolute Gasteiger partial charge is 0.496 e. The molecule has 2 rings (SSSR count). The molecule has 1 aromatic heterocycles. The Morgan fingerprint density at radius 2 is 1.95 bits per heavy atom. The molecular formula is C16H20N2O. The molecule has 0 aliphatic rings. The van der Waals surface area contributed by atoms with Crippen LogP contribution in [-0.2, 0) is 6.54 Å². The summed E-state index contributed by atoms with van der Waals surface area (Å²) in [7, 11) is 3.63. The van der Waals surface area contributed by atoms with Gasteiger partial charge in [-0.1, -0.05) is 17.7 Å². The Morgan fingerprint density at radius 3 is 2.58 bits per heavy atom. The minimum atomic E-state index is 0.837. The zero-order valence-electron chi connectivity index (χ0n) is 11.9. The third-order valence-electron chi connectivity index (χ3n) is 3.19. The van der Waals surface area contributed by atoms with Crippen LogP contribution in [0.4, 0.5) is 0 Å². The summed E-state index contributed by atoms with van der Waals surface area (Å²) in [5.74, 6) is 0.860. The lowest BCUT2D eigenvalue weighted by Gasteiger charge is -2.11. The summed E-state index contributed by atoms with van der Waals surface area (Å²) < 4.78 is 5.42. The van der Waals surface area contributed by atoms with Gasteiger partial charge in [0.25, 0.3) is 0 Å². The highest BCUT2D eigenvalue weighted by Gasteiger charge is 2.09. The van der Waals surface area contributed by atoms with Crippen molar-refractivity contribution in [3.8, 4) is 17.0 Å². The van der Waals surface area contributed by atoms with E-state index in [0.717, 1.165) is 29.2 Å². The molecule has 100 valence electrons. The average Bonchev–Trinajstić information content (AvgIpc) is 2.41. The van der Waals surface area contributed by atoms with Gasteiger partial charge in [-0.25, -0.2) is 0 Å². The van der Waals surface area contributed by atoms with E-state index in [1.165, 1.54) is 11.1 Å². The number of benzene rings is 1. The summed E-state index contributed by atoms with van der Waals surface area (Å²) in [6.45, 7) is 4.95. The second-order valence-corrected chi connectivity index (χ2v) is 4.68. The monoisotopic (exact) mass is 256 g/mol. The van der Waals surface area contributed by atoms with Gasteiger partial charge in [0.15, 0.2) is 0 Å². The first-order chi connectivity index (χ1) is 9.15. The number of methoxy groups -OCH3 is 1. The van der Waals surface area contributed by atoms with Crippen LogP contribution >= 0.6 is 0 Å². The second kappa shape index (κ2) is 5.85. The lowest BCUT2D eigenvalue weighted by molar-refractivity contribution is 0.416. The van der Waals surface area contributed by atoms with E-state index in [1.807, 2.05) is 26.1 Å². The van der Waals surface area contributed by atoms with Crippen molar-refractivity contribution in [2.45, 2.75) is 20.4 Å². The third kappa shape index (κ3) is 2.93. The van der Waals surface area contributed by atoms with Gasteiger partial charge in [-0.2, -0.15) is 0 Å². The van der Waals surface area contributed by atoms with Crippen molar-refractivity contribution >= 4 is 0 Å². The van der Waals surface area contributed by atoms with Crippen LogP contribution in [0.5, 0.6) is 5.75 Å². The first kappa shape index (κ1) is 13.6. The zero-order chi connectivity index (χ0) is 13.8. The van der Waals surface area contributed by atoms with E-state index in [1.54, 1.807) is 7.11 Å². The standard InChI is InChI=1S/C16H20N2O/c1-11-5-8-16(19-4)14(9-11)15-7-6-13(10-17-3)12(2)18-15/h5-9,17H,10H2,1-4H3. The summed E-state index contributed by atoms with van der Waals surface area (Å²) in [5.41, 5.74) is 5.47. The number of aromatic nitrogens is 1. The topological polar surface area (TPSA) is 34.1 Å². The minimum Gasteiger partial charge on any atom is -0.496 e. The maximum absolute atomic E-state index is 5.42. The van der Waals surface area contributed by atoms with E-state index in [2.05, 4.69) is 30.4 Å². The minimum absolute atomic E-state index is 0.837. The molecule has 3 nitrogen and oxygen atoms in total. The van der Waals surface area contributed by atoms with Gasteiger partial charge in [0.2, 0.25) is 0 Å². The van der Waals surface area contributed by atoms with Gasteiger partial charge in [0.1, 0.15) is 5.75 Å². The molecular weight excluding hydrogens is 236 g/mol. The molecule has 0 amide bonds. The van der Waals surface area contributed by atoms with Gasteiger partial charge in [-0.15, -0.1) is 0 Å². The smallest absolute Gasteiger partial charge is 0.128 e. The number of hydrogen-bond acceptors (Lipinski definition) is 3. The van der Waals surface area contributed by atoms with Crippen LogP contribution in [0, 0.1) is 13.8 Å². The SMILES string of the molecule is CNCc1ccc(-c2cc(C)ccc2OC)nc1C. The van der Waals surface area contributed by atoms with Crippen LogP contribution in [0.1, 0.15) is 16.8 Å². The average molecular weight is 256 g/mol. The second-order valence-electron chi connectivity index (χ2n) is 4.68. The Balaban J connectivity index is 2.47. The van der Waals surface area contributed by atoms with Crippen molar-refractivity contribution in [3.63, 3.8) is 0 Å². The fourth-order valence-electron chi connectivity index (χ4n) is 2.14. The maximum atomic E-state index is 5.42. The third-order valence-corrected chi connectivity index (χ3v) is 3.19. The van der Waals surface area contributed by atoms with E-state index >= 15 is 0 Å². The predicted octanol–water partition coefficient (Wildman–Crippen LogP) is 3.09. The normalized spacial score (nSPS) is 10.5. The predicted molar refractivity (Wildman–Crippen MR) is 78.5 cm³/mol. The first-order valence-electron chi connectivity index (χ1n) is 6.42. The number of nitrogens with zero attached hydrogens (tertiary/aromatic N) is 1. The molecule has 2 aromatic rings. The number of pyridine rings is 1. The molecule has 0 aliphatic heterocycles. The molecule has 19 heavy (non-hydrogen) atoms. The number of hydrogen-bond donors (Lipinski definition) is 1. The number of aryl methyl sites for hydroxylation is 2. The number of nitrogens with one attached hydrogen (secondary N) is 1. The molecule has 1 N–H and O–H groups in total. The molecule has 0 unspecified atom stereocenters. The summed E-state index contributed by atoms with van der Waals surface area (Å²) in [6.07, 6.45) is 0. The summed E-state index contributed by atoms with van der Waals surface area (Å²) in [6, 6.07) is 10.3. The molecule has 3 heteroatoms. The van der Waals surface area contributed by atoms with Crippen molar-refractivity contribution in [1.29, 1.82) is 0 Å². The van der Waals surface area contributed by atoms with E-state index in [-0.39, 0.29) is 0 Å². The van der Waals surface area contributed by atoms with Crippen molar-refractivity contribution in [2.75, 3.05) is 14.2 Å². The van der Waals surface area contributed by atoms with Gasteiger partial charge in [0.05, 0.1) is 12.8 Å². The molecule has 0 bridgehead atoms. The van der Waals surface area contributed by atoms with Crippen molar-refractivity contribution in [2.24, 2.45) is 0 Å². The molecule has 1 heterocycles. The van der Waals surface area contributed by atoms with Crippen LogP contribution in [0.15, 0.2) is 30.3 Å². The molecule has 0 atom stereocenters. The Hall–Kier alpha value is -1.87. The van der Waals surface area contributed by atoms with Crippen LogP contribution in [0.25, 0.3) is 11.3 Å². The molecule has 0 spiro atoms. The van der Waals surface area contributed by atoms with Gasteiger partial charge in [-0.3, -0.25) is 4.98 Å². The first-order valence-corrected chi connectivity index (χ1v) is 6.42. The quantitative estimate of drug-likeness (QED) is 0.912. The van der Waals surface area contributed by atoms with E-state index in [9.17, 15) is 0 Å². The maximum Gasteiger partial charge on any atom is 0.128 e. The highest BCUT2D eigenvalue weighted by Crippen LogP contribution is 2.30. The summed E-state index contributed by atoms with van der Waals surface area (Å²) >= 11 is 0. The lowest BCUT2D eigenvalue weighted by atomic mass is 10.1. The van der Waals surface area contributed by atoms with Gasteiger partial charge in [-0.05, 0) is 44.7 Å². The Morgan fingerprint density at radius 1 is 1.16 bits per heavy atom. The van der Waals surface area contributed by atoms with Gasteiger partial charge in [0, 0.05) is 17.8 Å². The van der Waals surface area contributed by atoms with E-state index < -0.39 is 0 Å². The molecule has 0 aliphatic carbocycles. The van der Waals surface area contributed by atoms with Gasteiger partial charge >= 0.3 is 0 Å². The van der Waals surface area contributed by atoms with E-state index in [0.29, 0.717) is 0 Å². The van der Waals surface area contributed by atoms with Crippen LogP contribution in [-0.4, -0.2) is 19.1 Å². The lowest BCUT2D eigenvalue weighted by Crippen LogP contribution is -2.07. The number of ether oxygens (including phenoxy) is 1. The van der Waals surface area contributed by atoms with Crippen LogP contribution < -0.4 is 10.1 Å². The van der Waals surface area contributed by atoms with Crippen LogP contribution in [0.2, 0.25) is 0 Å². The zero-order valence-corrected chi connectivity index (χ0v) is 11.9. The summed E-state index contributed by atoms with van der Waals surface area (Å²) in [4.78, 5) is 4.69. The molecule has 1 aromatic carbocycles. The molecule has 0 fully saturated rings. The van der Waals surface area contributed by atoms with Crippen molar-refractivity contribution < 1.29 is 4.74 Å².